The highest BCUT2D eigenvalue weighted by molar-refractivity contribution is 7.99. The number of hydrogen-bond acceptors (Lipinski definition) is 4. The minimum absolute atomic E-state index is 0.0161. The summed E-state index contributed by atoms with van der Waals surface area (Å²) in [4.78, 5) is 13.6. The van der Waals surface area contributed by atoms with Gasteiger partial charge in [0.15, 0.2) is 0 Å². The lowest BCUT2D eigenvalue weighted by Crippen LogP contribution is -2.20. The Labute approximate surface area is 100 Å². The van der Waals surface area contributed by atoms with Crippen LogP contribution in [0.25, 0.3) is 0 Å². The molecule has 0 aromatic carbocycles. The zero-order valence-corrected chi connectivity index (χ0v) is 10.7. The molecule has 90 valence electrons. The first-order chi connectivity index (χ1) is 7.59. The number of nitrogens with zero attached hydrogens (tertiary/aromatic N) is 2. The molecule has 5 heteroatoms. The van der Waals surface area contributed by atoms with Crippen molar-refractivity contribution >= 4 is 17.4 Å². The third kappa shape index (κ3) is 4.72. The predicted octanol–water partition coefficient (Wildman–Crippen LogP) is 0.725. The lowest BCUT2D eigenvalue weighted by molar-refractivity contribution is 0.437. The van der Waals surface area contributed by atoms with E-state index in [1.165, 1.54) is 6.07 Å². The molecular weight excluding hydrogens is 222 g/mol. The number of hydrogen-bond donors (Lipinski definition) is 1. The molecule has 0 unspecified atom stereocenters. The van der Waals surface area contributed by atoms with E-state index in [2.05, 4.69) is 19.0 Å². The first-order valence-corrected chi connectivity index (χ1v) is 6.43. The Hall–Kier alpha value is -0.940. The van der Waals surface area contributed by atoms with Crippen LogP contribution in [0.15, 0.2) is 23.1 Å². The third-order valence-electron chi connectivity index (χ3n) is 2.17. The number of aryl methyl sites for hydroxylation is 1. The van der Waals surface area contributed by atoms with Crippen LogP contribution in [0.4, 0.5) is 5.69 Å². The topological polar surface area (TPSA) is 51.3 Å². The van der Waals surface area contributed by atoms with Crippen molar-refractivity contribution in [2.45, 2.75) is 6.54 Å². The van der Waals surface area contributed by atoms with Crippen LogP contribution in [0.2, 0.25) is 0 Å². The summed E-state index contributed by atoms with van der Waals surface area (Å²) in [6.45, 7) is 1.79. The van der Waals surface area contributed by atoms with Gasteiger partial charge < -0.3 is 15.2 Å². The highest BCUT2D eigenvalue weighted by Gasteiger charge is 1.97. The van der Waals surface area contributed by atoms with E-state index in [0.29, 0.717) is 5.69 Å². The average molecular weight is 241 g/mol. The van der Waals surface area contributed by atoms with Gasteiger partial charge in [-0.15, -0.1) is 0 Å². The summed E-state index contributed by atoms with van der Waals surface area (Å²) in [6.07, 6.45) is 1.70. The molecule has 1 aromatic rings. The van der Waals surface area contributed by atoms with Crippen LogP contribution in [0.3, 0.4) is 0 Å². The SMILES string of the molecule is CN(C)CCSCCn1cc(N)ccc1=O. The van der Waals surface area contributed by atoms with Crippen molar-refractivity contribution in [3.63, 3.8) is 0 Å². The van der Waals surface area contributed by atoms with E-state index < -0.39 is 0 Å². The average Bonchev–Trinajstić information content (AvgIpc) is 2.22. The van der Waals surface area contributed by atoms with Gasteiger partial charge in [0.25, 0.3) is 5.56 Å². The highest BCUT2D eigenvalue weighted by atomic mass is 32.2. The Bertz CT molecular complexity index is 376. The number of thioether (sulfide) groups is 1. The summed E-state index contributed by atoms with van der Waals surface area (Å²) in [6, 6.07) is 3.15. The second-order valence-electron chi connectivity index (χ2n) is 3.91. The van der Waals surface area contributed by atoms with Crippen molar-refractivity contribution in [3.8, 4) is 0 Å². The number of nitrogen functional groups attached to an aromatic ring is 1. The maximum Gasteiger partial charge on any atom is 0.250 e. The van der Waals surface area contributed by atoms with Crippen LogP contribution in [0, 0.1) is 0 Å². The molecule has 0 atom stereocenters. The van der Waals surface area contributed by atoms with Crippen molar-refractivity contribution < 1.29 is 0 Å². The summed E-state index contributed by atoms with van der Waals surface area (Å²) >= 11 is 1.85. The molecule has 0 aliphatic carbocycles. The van der Waals surface area contributed by atoms with Gasteiger partial charge in [0, 0.05) is 42.5 Å². The molecule has 0 saturated carbocycles. The molecule has 16 heavy (non-hydrogen) atoms. The van der Waals surface area contributed by atoms with E-state index in [4.69, 9.17) is 5.73 Å². The van der Waals surface area contributed by atoms with E-state index in [1.54, 1.807) is 16.8 Å². The van der Waals surface area contributed by atoms with Crippen LogP contribution in [-0.2, 0) is 6.54 Å². The maximum atomic E-state index is 11.4. The minimum Gasteiger partial charge on any atom is -0.398 e. The zero-order valence-electron chi connectivity index (χ0n) is 9.85. The van der Waals surface area contributed by atoms with Crippen LogP contribution in [0.1, 0.15) is 0 Å². The molecule has 1 aromatic heterocycles. The first kappa shape index (κ1) is 13.1. The third-order valence-corrected chi connectivity index (χ3v) is 3.11. The Morgan fingerprint density at radius 2 is 2.12 bits per heavy atom. The number of pyridine rings is 1. The van der Waals surface area contributed by atoms with Gasteiger partial charge in [0.1, 0.15) is 0 Å². The number of aromatic nitrogens is 1. The first-order valence-electron chi connectivity index (χ1n) is 5.28. The van der Waals surface area contributed by atoms with Crippen LogP contribution >= 0.6 is 11.8 Å². The van der Waals surface area contributed by atoms with Gasteiger partial charge in [-0.25, -0.2) is 0 Å². The maximum absolute atomic E-state index is 11.4. The van der Waals surface area contributed by atoms with Crippen molar-refractivity contribution in [1.82, 2.24) is 9.47 Å². The highest BCUT2D eigenvalue weighted by Crippen LogP contribution is 2.02. The molecule has 0 radical (unpaired) electrons. The summed E-state index contributed by atoms with van der Waals surface area (Å²) in [7, 11) is 4.12. The van der Waals surface area contributed by atoms with E-state index in [1.807, 2.05) is 11.8 Å². The van der Waals surface area contributed by atoms with Gasteiger partial charge in [-0.2, -0.15) is 11.8 Å². The molecular formula is C11H19N3OS. The molecule has 1 heterocycles. The number of rotatable bonds is 6. The quantitative estimate of drug-likeness (QED) is 0.746. The second-order valence-corrected chi connectivity index (χ2v) is 5.13. The van der Waals surface area contributed by atoms with E-state index in [9.17, 15) is 4.79 Å². The molecule has 2 N–H and O–H groups in total. The zero-order chi connectivity index (χ0) is 12.0. The summed E-state index contributed by atoms with van der Waals surface area (Å²) < 4.78 is 1.66. The van der Waals surface area contributed by atoms with Crippen LogP contribution in [0.5, 0.6) is 0 Å². The normalized spacial score (nSPS) is 10.9. The molecule has 0 aliphatic rings. The fourth-order valence-electron chi connectivity index (χ4n) is 1.24. The lowest BCUT2D eigenvalue weighted by atomic mass is 10.4. The molecule has 0 bridgehead atoms. The molecule has 0 saturated heterocycles. The molecule has 4 nitrogen and oxygen atoms in total. The Kier molecular flexibility index (Phi) is 5.42. The molecule has 0 spiro atoms. The predicted molar refractivity (Wildman–Crippen MR) is 71.0 cm³/mol. The molecule has 0 amide bonds. The fraction of sp³-hybridized carbons (Fsp3) is 0.545. The molecule has 0 fully saturated rings. The van der Waals surface area contributed by atoms with Gasteiger partial charge in [-0.3, -0.25) is 4.79 Å². The van der Waals surface area contributed by atoms with Gasteiger partial charge in [0.2, 0.25) is 0 Å². The molecule has 0 aliphatic heterocycles. The van der Waals surface area contributed by atoms with E-state index in [-0.39, 0.29) is 5.56 Å². The smallest absolute Gasteiger partial charge is 0.250 e. The van der Waals surface area contributed by atoms with Crippen LogP contribution in [-0.4, -0.2) is 41.6 Å². The van der Waals surface area contributed by atoms with Gasteiger partial charge in [-0.1, -0.05) is 0 Å². The second kappa shape index (κ2) is 6.60. The van der Waals surface area contributed by atoms with Crippen LogP contribution < -0.4 is 11.3 Å². The largest absolute Gasteiger partial charge is 0.398 e. The Balaban J connectivity index is 2.32. The molecule has 1 rings (SSSR count). The van der Waals surface area contributed by atoms with E-state index >= 15 is 0 Å². The Morgan fingerprint density at radius 3 is 2.81 bits per heavy atom. The van der Waals surface area contributed by atoms with E-state index in [0.717, 1.165) is 24.6 Å². The summed E-state index contributed by atoms with van der Waals surface area (Å²) in [5.41, 5.74) is 6.28. The van der Waals surface area contributed by atoms with Crippen molar-refractivity contribution in [2.24, 2.45) is 0 Å². The standard InChI is InChI=1S/C11H19N3OS/c1-13(2)5-7-16-8-6-14-9-10(12)3-4-11(14)15/h3-4,9H,5-8,12H2,1-2H3. The summed E-state index contributed by atoms with van der Waals surface area (Å²) in [5, 5.41) is 0. The monoisotopic (exact) mass is 241 g/mol. The van der Waals surface area contributed by atoms with Crippen molar-refractivity contribution in [3.05, 3.63) is 28.7 Å². The number of anilines is 1. The fourth-order valence-corrected chi connectivity index (χ4v) is 2.26. The number of nitrogens with two attached hydrogens (primary N) is 1. The summed E-state index contributed by atoms with van der Waals surface area (Å²) in [5.74, 6) is 2.03. The van der Waals surface area contributed by atoms with Crippen molar-refractivity contribution in [2.75, 3.05) is 37.9 Å². The minimum atomic E-state index is 0.0161. The van der Waals surface area contributed by atoms with Gasteiger partial charge in [0.05, 0.1) is 0 Å². The van der Waals surface area contributed by atoms with Gasteiger partial charge in [-0.05, 0) is 20.2 Å². The van der Waals surface area contributed by atoms with Crippen molar-refractivity contribution in [1.29, 1.82) is 0 Å². The van der Waals surface area contributed by atoms with Gasteiger partial charge >= 0.3 is 0 Å². The Morgan fingerprint density at radius 1 is 1.38 bits per heavy atom. The lowest BCUT2D eigenvalue weighted by Gasteiger charge is -2.09.